The van der Waals surface area contributed by atoms with E-state index in [2.05, 4.69) is 5.32 Å². The van der Waals surface area contributed by atoms with Gasteiger partial charge in [-0.15, -0.1) is 0 Å². The number of halogens is 4. The van der Waals surface area contributed by atoms with Crippen LogP contribution in [0.5, 0.6) is 0 Å². The van der Waals surface area contributed by atoms with E-state index in [1.165, 1.54) is 24.3 Å². The number of carbonyl (C=O) groups excluding carboxylic acids is 1. The van der Waals surface area contributed by atoms with Crippen LogP contribution in [0.25, 0.3) is 0 Å². The van der Waals surface area contributed by atoms with Crippen molar-refractivity contribution >= 4 is 5.91 Å². The van der Waals surface area contributed by atoms with E-state index in [1.54, 1.807) is 6.07 Å². The third-order valence-corrected chi connectivity index (χ3v) is 2.85. The quantitative estimate of drug-likeness (QED) is 0.858. The van der Waals surface area contributed by atoms with Gasteiger partial charge in [0.15, 0.2) is 0 Å². The molecule has 0 unspecified atom stereocenters. The van der Waals surface area contributed by atoms with Gasteiger partial charge in [-0.3, -0.25) is 4.79 Å². The lowest BCUT2D eigenvalue weighted by atomic mass is 10.1. The van der Waals surface area contributed by atoms with E-state index in [4.69, 9.17) is 0 Å². The van der Waals surface area contributed by atoms with Crippen molar-refractivity contribution < 1.29 is 22.4 Å². The molecule has 2 rings (SSSR count). The molecule has 0 radical (unpaired) electrons. The lowest BCUT2D eigenvalue weighted by Crippen LogP contribution is -2.23. The molecular formula is C15H11F4NO. The Morgan fingerprint density at radius 1 is 1.05 bits per heavy atom. The summed E-state index contributed by atoms with van der Waals surface area (Å²) in [5, 5.41) is 2.39. The number of amides is 1. The first-order valence-corrected chi connectivity index (χ1v) is 6.07. The van der Waals surface area contributed by atoms with Gasteiger partial charge in [0.1, 0.15) is 5.82 Å². The molecule has 21 heavy (non-hydrogen) atoms. The summed E-state index contributed by atoms with van der Waals surface area (Å²) in [7, 11) is 0. The third-order valence-electron chi connectivity index (χ3n) is 2.85. The van der Waals surface area contributed by atoms with Crippen molar-refractivity contribution in [1.82, 2.24) is 5.32 Å². The van der Waals surface area contributed by atoms with Gasteiger partial charge in [0, 0.05) is 17.7 Å². The van der Waals surface area contributed by atoms with E-state index in [0.717, 1.165) is 18.2 Å². The largest absolute Gasteiger partial charge is 0.416 e. The summed E-state index contributed by atoms with van der Waals surface area (Å²) in [4.78, 5) is 11.8. The zero-order valence-corrected chi connectivity index (χ0v) is 10.7. The van der Waals surface area contributed by atoms with Crippen LogP contribution >= 0.6 is 0 Å². The van der Waals surface area contributed by atoms with Crippen LogP contribution in [0.2, 0.25) is 0 Å². The molecule has 1 N–H and O–H groups in total. The maximum Gasteiger partial charge on any atom is 0.416 e. The van der Waals surface area contributed by atoms with Crippen LogP contribution in [-0.2, 0) is 12.7 Å². The normalized spacial score (nSPS) is 11.2. The topological polar surface area (TPSA) is 29.1 Å². The molecule has 0 aliphatic rings. The zero-order chi connectivity index (χ0) is 15.5. The summed E-state index contributed by atoms with van der Waals surface area (Å²) in [5.74, 6) is -1.17. The van der Waals surface area contributed by atoms with Crippen molar-refractivity contribution in [2.45, 2.75) is 12.7 Å². The van der Waals surface area contributed by atoms with Crippen LogP contribution in [0.15, 0.2) is 48.5 Å². The minimum Gasteiger partial charge on any atom is -0.348 e. The van der Waals surface area contributed by atoms with Gasteiger partial charge < -0.3 is 5.32 Å². The highest BCUT2D eigenvalue weighted by Gasteiger charge is 2.30. The Morgan fingerprint density at radius 2 is 1.76 bits per heavy atom. The van der Waals surface area contributed by atoms with E-state index in [-0.39, 0.29) is 17.7 Å². The number of hydrogen-bond acceptors (Lipinski definition) is 1. The summed E-state index contributed by atoms with van der Waals surface area (Å²) >= 11 is 0. The zero-order valence-electron chi connectivity index (χ0n) is 10.7. The minimum atomic E-state index is -4.51. The summed E-state index contributed by atoms with van der Waals surface area (Å²) in [6.45, 7) is -0.0955. The van der Waals surface area contributed by atoms with Crippen molar-refractivity contribution in [1.29, 1.82) is 0 Å². The predicted octanol–water partition coefficient (Wildman–Crippen LogP) is 3.77. The van der Waals surface area contributed by atoms with Gasteiger partial charge >= 0.3 is 6.18 Å². The van der Waals surface area contributed by atoms with E-state index >= 15 is 0 Å². The molecule has 2 aromatic carbocycles. The van der Waals surface area contributed by atoms with Gasteiger partial charge in [-0.05, 0) is 24.3 Å². The molecule has 0 bridgehead atoms. The minimum absolute atomic E-state index is 0.0955. The molecule has 0 fully saturated rings. The second-order valence-corrected chi connectivity index (χ2v) is 4.35. The molecule has 110 valence electrons. The lowest BCUT2D eigenvalue weighted by Gasteiger charge is -2.09. The Labute approximate surface area is 118 Å². The van der Waals surface area contributed by atoms with Crippen LogP contribution < -0.4 is 5.32 Å². The molecule has 0 heterocycles. The molecule has 0 saturated heterocycles. The number of carbonyl (C=O) groups is 1. The predicted molar refractivity (Wildman–Crippen MR) is 69.0 cm³/mol. The van der Waals surface area contributed by atoms with Crippen molar-refractivity contribution in [2.75, 3.05) is 0 Å². The summed E-state index contributed by atoms with van der Waals surface area (Å²) < 4.78 is 51.0. The smallest absolute Gasteiger partial charge is 0.348 e. The van der Waals surface area contributed by atoms with Gasteiger partial charge in [-0.1, -0.05) is 24.3 Å². The SMILES string of the molecule is O=C(NCc1ccccc1F)c1cccc(C(F)(F)F)c1. The van der Waals surface area contributed by atoms with Crippen LogP contribution in [0, 0.1) is 5.82 Å². The number of rotatable bonds is 3. The van der Waals surface area contributed by atoms with Crippen LogP contribution in [-0.4, -0.2) is 5.91 Å². The highest BCUT2D eigenvalue weighted by molar-refractivity contribution is 5.94. The fraction of sp³-hybridized carbons (Fsp3) is 0.133. The molecule has 1 amide bonds. The summed E-state index contributed by atoms with van der Waals surface area (Å²) in [5.41, 5.74) is -0.764. The Morgan fingerprint density at radius 3 is 2.43 bits per heavy atom. The van der Waals surface area contributed by atoms with Gasteiger partial charge in [0.2, 0.25) is 0 Å². The Kier molecular flexibility index (Phi) is 4.26. The lowest BCUT2D eigenvalue weighted by molar-refractivity contribution is -0.137. The number of benzene rings is 2. The van der Waals surface area contributed by atoms with E-state index in [9.17, 15) is 22.4 Å². The van der Waals surface area contributed by atoms with Crippen molar-refractivity contribution in [3.63, 3.8) is 0 Å². The Hall–Kier alpha value is -2.37. The maximum absolute atomic E-state index is 13.4. The standard InChI is InChI=1S/C15H11F4NO/c16-13-7-2-1-4-11(13)9-20-14(21)10-5-3-6-12(8-10)15(17,18)19/h1-8H,9H2,(H,20,21). The highest BCUT2D eigenvalue weighted by atomic mass is 19.4. The van der Waals surface area contributed by atoms with Gasteiger partial charge in [0.05, 0.1) is 5.56 Å². The van der Waals surface area contributed by atoms with Gasteiger partial charge in [0.25, 0.3) is 5.91 Å². The summed E-state index contributed by atoms with van der Waals surface area (Å²) in [6, 6.07) is 9.91. The van der Waals surface area contributed by atoms with Crippen molar-refractivity contribution in [3.05, 3.63) is 71.0 Å². The maximum atomic E-state index is 13.4. The Bertz CT molecular complexity index is 652. The fourth-order valence-electron chi connectivity index (χ4n) is 1.76. The molecule has 6 heteroatoms. The average molecular weight is 297 g/mol. The monoisotopic (exact) mass is 297 g/mol. The number of nitrogens with one attached hydrogen (secondary N) is 1. The molecule has 0 aliphatic heterocycles. The van der Waals surface area contributed by atoms with E-state index in [1.807, 2.05) is 0 Å². The van der Waals surface area contributed by atoms with Crippen molar-refractivity contribution in [3.8, 4) is 0 Å². The molecule has 2 aromatic rings. The molecule has 0 spiro atoms. The molecule has 0 saturated carbocycles. The van der Waals surface area contributed by atoms with Crippen molar-refractivity contribution in [2.24, 2.45) is 0 Å². The van der Waals surface area contributed by atoms with Crippen LogP contribution in [0.3, 0.4) is 0 Å². The van der Waals surface area contributed by atoms with Gasteiger partial charge in [-0.25, -0.2) is 4.39 Å². The molecular weight excluding hydrogens is 286 g/mol. The first kappa shape index (κ1) is 15.0. The highest BCUT2D eigenvalue weighted by Crippen LogP contribution is 2.29. The first-order valence-electron chi connectivity index (χ1n) is 6.07. The Balaban J connectivity index is 2.09. The second kappa shape index (κ2) is 5.95. The van der Waals surface area contributed by atoms with Crippen LogP contribution in [0.4, 0.5) is 17.6 Å². The summed E-state index contributed by atoms with van der Waals surface area (Å²) in [6.07, 6.45) is -4.51. The fourth-order valence-corrected chi connectivity index (χ4v) is 1.76. The van der Waals surface area contributed by atoms with E-state index < -0.39 is 23.5 Å². The van der Waals surface area contributed by atoms with Crippen LogP contribution in [0.1, 0.15) is 21.5 Å². The third kappa shape index (κ3) is 3.81. The molecule has 0 atom stereocenters. The van der Waals surface area contributed by atoms with Gasteiger partial charge in [-0.2, -0.15) is 13.2 Å². The number of hydrogen-bond donors (Lipinski definition) is 1. The average Bonchev–Trinajstić information content (AvgIpc) is 2.45. The van der Waals surface area contributed by atoms with E-state index in [0.29, 0.717) is 0 Å². The number of alkyl halides is 3. The molecule has 0 aliphatic carbocycles. The molecule has 0 aromatic heterocycles. The first-order chi connectivity index (χ1) is 9.88. The molecule has 2 nitrogen and oxygen atoms in total. The second-order valence-electron chi connectivity index (χ2n) is 4.35.